The summed E-state index contributed by atoms with van der Waals surface area (Å²) in [6.07, 6.45) is 8.44. The molecule has 2 aliphatic rings. The van der Waals surface area contributed by atoms with Crippen LogP contribution in [0.3, 0.4) is 0 Å². The predicted molar refractivity (Wildman–Crippen MR) is 60.7 cm³/mol. The molecule has 2 atom stereocenters. The number of fused-ring (bicyclic) bond motifs is 1. The Labute approximate surface area is 92.0 Å². The lowest BCUT2D eigenvalue weighted by Crippen LogP contribution is -2.27. The van der Waals surface area contributed by atoms with E-state index in [-0.39, 0.29) is 17.6 Å². The minimum Gasteiger partial charge on any atom is -0.371 e. The molecule has 0 bridgehead atoms. The summed E-state index contributed by atoms with van der Waals surface area (Å²) in [6, 6.07) is 0. The fourth-order valence-electron chi connectivity index (χ4n) is 1.87. The molecule has 2 unspecified atom stereocenters. The van der Waals surface area contributed by atoms with E-state index < -0.39 is 0 Å². The summed E-state index contributed by atoms with van der Waals surface area (Å²) >= 11 is 0. The second-order valence-electron chi connectivity index (χ2n) is 5.43. The number of rotatable bonds is 0. The van der Waals surface area contributed by atoms with Crippen LogP contribution in [0.2, 0.25) is 0 Å². The van der Waals surface area contributed by atoms with E-state index in [1.165, 1.54) is 0 Å². The number of allylic oxidation sites excluding steroid dienone is 2. The Hall–Kier alpha value is -0.600. The molecule has 0 spiro atoms. The van der Waals surface area contributed by atoms with Crippen LogP contribution < -0.4 is 0 Å². The van der Waals surface area contributed by atoms with Crippen LogP contribution in [0.5, 0.6) is 0 Å². The van der Waals surface area contributed by atoms with Crippen LogP contribution in [0.15, 0.2) is 24.3 Å². The first-order chi connectivity index (χ1) is 7.07. The van der Waals surface area contributed by atoms with Gasteiger partial charge in [-0.2, -0.15) is 0 Å². The van der Waals surface area contributed by atoms with Gasteiger partial charge in [-0.05, 0) is 5.41 Å². The van der Waals surface area contributed by atoms with Gasteiger partial charge in [0.15, 0.2) is 0 Å². The van der Waals surface area contributed by atoms with E-state index in [0.29, 0.717) is 5.92 Å². The number of hydrogen-bond acceptors (Lipinski definition) is 2. The molecule has 1 fully saturated rings. The van der Waals surface area contributed by atoms with Gasteiger partial charge in [0.1, 0.15) is 12.2 Å². The summed E-state index contributed by atoms with van der Waals surface area (Å²) in [6.45, 7) is 8.31. The molecular weight excluding hydrogens is 188 g/mol. The van der Waals surface area contributed by atoms with Gasteiger partial charge in [0, 0.05) is 5.92 Å². The number of hydrogen-bond donors (Lipinski definition) is 0. The Morgan fingerprint density at radius 1 is 0.933 bits per heavy atom. The molecule has 1 aliphatic carbocycles. The molecular formula is C13H20O2. The average Bonchev–Trinajstić information content (AvgIpc) is 2.38. The van der Waals surface area contributed by atoms with Gasteiger partial charge in [-0.3, -0.25) is 0 Å². The largest absolute Gasteiger partial charge is 0.371 e. The van der Waals surface area contributed by atoms with E-state index in [4.69, 9.17) is 9.47 Å². The van der Waals surface area contributed by atoms with Crippen molar-refractivity contribution in [3.63, 3.8) is 0 Å². The third-order valence-corrected chi connectivity index (χ3v) is 3.24. The maximum absolute atomic E-state index is 5.88. The van der Waals surface area contributed by atoms with Gasteiger partial charge in [-0.1, -0.05) is 45.1 Å². The number of ether oxygens (including phenoxy) is 2. The van der Waals surface area contributed by atoms with E-state index in [1.54, 1.807) is 0 Å². The van der Waals surface area contributed by atoms with Gasteiger partial charge in [0.25, 0.3) is 0 Å². The van der Waals surface area contributed by atoms with Gasteiger partial charge >= 0.3 is 0 Å². The molecule has 0 aromatic rings. The van der Waals surface area contributed by atoms with Gasteiger partial charge < -0.3 is 9.47 Å². The molecule has 2 rings (SSSR count). The van der Waals surface area contributed by atoms with Crippen LogP contribution in [-0.4, -0.2) is 25.4 Å². The summed E-state index contributed by atoms with van der Waals surface area (Å²) in [7, 11) is 0. The van der Waals surface area contributed by atoms with Crippen LogP contribution >= 0.6 is 0 Å². The average molecular weight is 208 g/mol. The summed E-state index contributed by atoms with van der Waals surface area (Å²) in [4.78, 5) is 0. The summed E-state index contributed by atoms with van der Waals surface area (Å²) < 4.78 is 11.8. The van der Waals surface area contributed by atoms with Crippen molar-refractivity contribution in [3.8, 4) is 0 Å². The highest BCUT2D eigenvalue weighted by Gasteiger charge is 2.32. The zero-order valence-corrected chi connectivity index (χ0v) is 9.77. The van der Waals surface area contributed by atoms with Gasteiger partial charge in [0.05, 0.1) is 13.2 Å². The lowest BCUT2D eigenvalue weighted by molar-refractivity contribution is 0.0140. The normalized spacial score (nSPS) is 36.1. The third kappa shape index (κ3) is 2.50. The van der Waals surface area contributed by atoms with Crippen LogP contribution in [-0.2, 0) is 9.47 Å². The molecule has 0 saturated carbocycles. The maximum atomic E-state index is 5.88. The molecule has 1 saturated heterocycles. The SMILES string of the molecule is CC(C)(C)C1COC2C=CC=CC2OC1. The second-order valence-corrected chi connectivity index (χ2v) is 5.43. The van der Waals surface area contributed by atoms with Crippen molar-refractivity contribution < 1.29 is 9.47 Å². The van der Waals surface area contributed by atoms with E-state index in [1.807, 2.05) is 12.2 Å². The quantitative estimate of drug-likeness (QED) is 0.609. The van der Waals surface area contributed by atoms with Gasteiger partial charge in [0.2, 0.25) is 0 Å². The van der Waals surface area contributed by atoms with Crippen molar-refractivity contribution in [3.05, 3.63) is 24.3 Å². The Kier molecular flexibility index (Phi) is 2.98. The van der Waals surface area contributed by atoms with Crippen LogP contribution in [0, 0.1) is 11.3 Å². The van der Waals surface area contributed by atoms with Crippen molar-refractivity contribution >= 4 is 0 Å². The Morgan fingerprint density at radius 3 is 1.80 bits per heavy atom. The minimum absolute atomic E-state index is 0.113. The molecule has 0 N–H and O–H groups in total. The monoisotopic (exact) mass is 208 g/mol. The van der Waals surface area contributed by atoms with Crippen LogP contribution in [0.25, 0.3) is 0 Å². The van der Waals surface area contributed by atoms with Gasteiger partial charge in [-0.25, -0.2) is 0 Å². The van der Waals surface area contributed by atoms with Crippen molar-refractivity contribution in [1.29, 1.82) is 0 Å². The van der Waals surface area contributed by atoms with E-state index >= 15 is 0 Å². The Balaban J connectivity index is 2.03. The van der Waals surface area contributed by atoms with E-state index in [0.717, 1.165) is 13.2 Å². The first kappa shape index (κ1) is 10.9. The fraction of sp³-hybridized carbons (Fsp3) is 0.692. The zero-order valence-electron chi connectivity index (χ0n) is 9.77. The van der Waals surface area contributed by atoms with Crippen LogP contribution in [0.1, 0.15) is 20.8 Å². The zero-order chi connectivity index (χ0) is 10.9. The molecule has 0 aromatic heterocycles. The lowest BCUT2D eigenvalue weighted by Gasteiger charge is -2.28. The lowest BCUT2D eigenvalue weighted by atomic mass is 9.82. The smallest absolute Gasteiger partial charge is 0.106 e. The first-order valence-corrected chi connectivity index (χ1v) is 5.65. The Morgan fingerprint density at radius 2 is 1.40 bits per heavy atom. The molecule has 1 aliphatic heterocycles. The molecule has 84 valence electrons. The van der Waals surface area contributed by atoms with E-state index in [9.17, 15) is 0 Å². The standard InChI is InChI=1S/C13H20O2/c1-13(2,3)10-8-14-11-6-4-5-7-12(11)15-9-10/h4-7,10-12H,8-9H2,1-3H3. The Bertz CT molecular complexity index is 251. The first-order valence-electron chi connectivity index (χ1n) is 5.65. The van der Waals surface area contributed by atoms with Crippen molar-refractivity contribution in [1.82, 2.24) is 0 Å². The van der Waals surface area contributed by atoms with Crippen molar-refractivity contribution in [2.75, 3.05) is 13.2 Å². The summed E-state index contributed by atoms with van der Waals surface area (Å²) in [5, 5.41) is 0. The molecule has 0 radical (unpaired) electrons. The molecule has 15 heavy (non-hydrogen) atoms. The molecule has 0 amide bonds. The van der Waals surface area contributed by atoms with Crippen LogP contribution in [0.4, 0.5) is 0 Å². The molecule has 2 nitrogen and oxygen atoms in total. The highest BCUT2D eigenvalue weighted by molar-refractivity contribution is 5.17. The topological polar surface area (TPSA) is 18.5 Å². The highest BCUT2D eigenvalue weighted by atomic mass is 16.5. The molecule has 0 aromatic carbocycles. The minimum atomic E-state index is 0.113. The molecule has 1 heterocycles. The summed E-state index contributed by atoms with van der Waals surface area (Å²) in [5.74, 6) is 0.477. The van der Waals surface area contributed by atoms with E-state index in [2.05, 4.69) is 32.9 Å². The van der Waals surface area contributed by atoms with Crippen molar-refractivity contribution in [2.24, 2.45) is 11.3 Å². The van der Waals surface area contributed by atoms with Crippen molar-refractivity contribution in [2.45, 2.75) is 33.0 Å². The molecule has 2 heteroatoms. The highest BCUT2D eigenvalue weighted by Crippen LogP contribution is 2.30. The van der Waals surface area contributed by atoms with Gasteiger partial charge in [-0.15, -0.1) is 0 Å². The second kappa shape index (κ2) is 4.11. The third-order valence-electron chi connectivity index (χ3n) is 3.24. The maximum Gasteiger partial charge on any atom is 0.106 e. The summed E-state index contributed by atoms with van der Waals surface area (Å²) in [5.41, 5.74) is 0.251. The predicted octanol–water partition coefficient (Wildman–Crippen LogP) is 2.56. The fourth-order valence-corrected chi connectivity index (χ4v) is 1.87.